The van der Waals surface area contributed by atoms with Gasteiger partial charge in [0, 0.05) is 48.7 Å². The minimum atomic E-state index is -0.578. The lowest BCUT2D eigenvalue weighted by Crippen LogP contribution is -2.47. The molecule has 1 N–H and O–H groups in total. The number of nitriles is 1. The molecule has 0 saturated carbocycles. The van der Waals surface area contributed by atoms with Crippen molar-refractivity contribution in [2.24, 2.45) is 0 Å². The number of urea groups is 1. The van der Waals surface area contributed by atoms with Crippen LogP contribution in [0, 0.1) is 17.3 Å². The molecule has 44 heavy (non-hydrogen) atoms. The highest BCUT2D eigenvalue weighted by Gasteiger charge is 2.46. The van der Waals surface area contributed by atoms with Crippen molar-refractivity contribution >= 4 is 41.0 Å². The number of likely N-dealkylation sites (tertiary alicyclic amines) is 1. The van der Waals surface area contributed by atoms with Gasteiger partial charge in [-0.15, -0.1) is 0 Å². The summed E-state index contributed by atoms with van der Waals surface area (Å²) >= 11 is 12.2. The molecular formula is C34H29Cl2FN6O. The van der Waals surface area contributed by atoms with Gasteiger partial charge in [0.15, 0.2) is 0 Å². The fourth-order valence-electron chi connectivity index (χ4n) is 6.03. The maximum atomic E-state index is 13.6. The minimum Gasteiger partial charge on any atom is -0.334 e. The SMILES string of the molecule is N#Cc1ccc(-c2ccc3c(c2)C2(CCN(CC=Cc4ccc(Cl)c(Cl)c4)CC2)CN3C(=O)NCc2ccnc(F)c2)cn1. The normalized spacial score (nSPS) is 15.8. The van der Waals surface area contributed by atoms with E-state index in [1.54, 1.807) is 24.4 Å². The molecule has 2 aliphatic rings. The Bertz CT molecular complexity index is 1760. The van der Waals surface area contributed by atoms with Gasteiger partial charge in [0.1, 0.15) is 11.8 Å². The topological polar surface area (TPSA) is 85.2 Å². The van der Waals surface area contributed by atoms with Crippen LogP contribution in [0.1, 0.15) is 35.2 Å². The highest BCUT2D eigenvalue weighted by Crippen LogP contribution is 2.48. The van der Waals surface area contributed by atoms with Crippen molar-refractivity contribution in [1.29, 1.82) is 5.26 Å². The van der Waals surface area contributed by atoms with Crippen LogP contribution in [0.15, 0.2) is 79.1 Å². The lowest BCUT2D eigenvalue weighted by Gasteiger charge is -2.39. The van der Waals surface area contributed by atoms with Crippen LogP contribution in [0.3, 0.4) is 0 Å². The van der Waals surface area contributed by atoms with Crippen molar-refractivity contribution in [3.05, 3.63) is 118 Å². The van der Waals surface area contributed by atoms with Crippen molar-refractivity contribution < 1.29 is 9.18 Å². The Balaban J connectivity index is 1.21. The first kappa shape index (κ1) is 29.8. The maximum absolute atomic E-state index is 13.6. The second-order valence-electron chi connectivity index (χ2n) is 11.2. The van der Waals surface area contributed by atoms with Gasteiger partial charge in [0.2, 0.25) is 5.95 Å². The maximum Gasteiger partial charge on any atom is 0.322 e. The molecule has 2 aromatic carbocycles. The quantitative estimate of drug-likeness (QED) is 0.228. The minimum absolute atomic E-state index is 0.199. The number of benzene rings is 2. The molecule has 0 radical (unpaired) electrons. The summed E-state index contributed by atoms with van der Waals surface area (Å²) in [6, 6.07) is 20.2. The summed E-state index contributed by atoms with van der Waals surface area (Å²) < 4.78 is 13.6. The molecule has 0 bridgehead atoms. The van der Waals surface area contributed by atoms with Crippen molar-refractivity contribution in [2.75, 3.05) is 31.1 Å². The average Bonchev–Trinajstić information content (AvgIpc) is 3.35. The molecular weight excluding hydrogens is 598 g/mol. The Morgan fingerprint density at radius 1 is 1.02 bits per heavy atom. The molecule has 4 aromatic rings. The first-order chi connectivity index (χ1) is 21.3. The number of nitrogens with one attached hydrogen (secondary N) is 1. The second-order valence-corrected chi connectivity index (χ2v) is 12.0. The van der Waals surface area contributed by atoms with Crippen LogP contribution in [0.4, 0.5) is 14.9 Å². The Morgan fingerprint density at radius 3 is 2.57 bits per heavy atom. The van der Waals surface area contributed by atoms with E-state index in [9.17, 15) is 9.18 Å². The van der Waals surface area contributed by atoms with Crippen LogP contribution in [0.2, 0.25) is 10.0 Å². The molecule has 10 heteroatoms. The summed E-state index contributed by atoms with van der Waals surface area (Å²) in [6.07, 6.45) is 9.06. The molecule has 7 nitrogen and oxygen atoms in total. The molecule has 1 fully saturated rings. The van der Waals surface area contributed by atoms with Gasteiger partial charge in [-0.1, -0.05) is 47.5 Å². The molecule has 6 rings (SSSR count). The van der Waals surface area contributed by atoms with Gasteiger partial charge in [0.05, 0.1) is 10.0 Å². The van der Waals surface area contributed by atoms with E-state index in [1.165, 1.54) is 12.3 Å². The molecule has 0 aliphatic carbocycles. The van der Waals surface area contributed by atoms with Crippen LogP contribution in [0.5, 0.6) is 0 Å². The number of carbonyl (C=O) groups excluding carboxylic acids is 1. The second kappa shape index (κ2) is 12.7. The number of anilines is 1. The van der Waals surface area contributed by atoms with Crippen LogP contribution in [-0.4, -0.2) is 47.1 Å². The number of carbonyl (C=O) groups is 1. The van der Waals surface area contributed by atoms with Gasteiger partial charge < -0.3 is 5.32 Å². The first-order valence-electron chi connectivity index (χ1n) is 14.3. The highest BCUT2D eigenvalue weighted by atomic mass is 35.5. The highest BCUT2D eigenvalue weighted by molar-refractivity contribution is 6.42. The zero-order valence-corrected chi connectivity index (χ0v) is 25.3. The third-order valence-corrected chi connectivity index (χ3v) is 9.18. The van der Waals surface area contributed by atoms with Crippen molar-refractivity contribution in [3.63, 3.8) is 0 Å². The molecule has 2 amide bonds. The molecule has 222 valence electrons. The summed E-state index contributed by atoms with van der Waals surface area (Å²) in [5.41, 5.74) is 5.71. The van der Waals surface area contributed by atoms with Gasteiger partial charge in [-0.2, -0.15) is 9.65 Å². The third-order valence-electron chi connectivity index (χ3n) is 8.44. The van der Waals surface area contributed by atoms with Crippen LogP contribution < -0.4 is 10.2 Å². The Labute approximate surface area is 265 Å². The van der Waals surface area contributed by atoms with Gasteiger partial charge in [0.25, 0.3) is 0 Å². The van der Waals surface area contributed by atoms with Gasteiger partial charge in [-0.05, 0) is 96.7 Å². The fraction of sp³-hybridized carbons (Fsp3) is 0.235. The van der Waals surface area contributed by atoms with Gasteiger partial charge in [-0.3, -0.25) is 9.80 Å². The van der Waals surface area contributed by atoms with E-state index in [-0.39, 0.29) is 18.0 Å². The lowest BCUT2D eigenvalue weighted by molar-refractivity contribution is 0.180. The van der Waals surface area contributed by atoms with E-state index in [1.807, 2.05) is 35.2 Å². The third kappa shape index (κ3) is 6.31. The summed E-state index contributed by atoms with van der Waals surface area (Å²) in [5, 5.41) is 13.2. The molecule has 1 spiro atoms. The standard InChI is InChI=1S/C34H29Cl2FN6O/c35-29-7-3-23(16-30(29)36)2-1-13-42-14-10-34(11-15-42)22-43(33(44)41-20-24-9-12-39-32(37)17-24)31-8-5-25(18-28(31)34)26-4-6-27(19-38)40-21-26/h1-9,12,16-18,21H,10-11,13-15,20,22H2,(H,41,44). The summed E-state index contributed by atoms with van der Waals surface area (Å²) in [5.74, 6) is -0.578. The van der Waals surface area contributed by atoms with E-state index < -0.39 is 5.95 Å². The molecule has 0 atom stereocenters. The van der Waals surface area contributed by atoms with E-state index in [4.69, 9.17) is 28.5 Å². The lowest BCUT2D eigenvalue weighted by atomic mass is 9.73. The predicted octanol–water partition coefficient (Wildman–Crippen LogP) is 7.24. The number of fused-ring (bicyclic) bond motifs is 2. The van der Waals surface area contributed by atoms with Crippen LogP contribution in [-0.2, 0) is 12.0 Å². The van der Waals surface area contributed by atoms with Crippen molar-refractivity contribution in [2.45, 2.75) is 24.8 Å². The van der Waals surface area contributed by atoms with Crippen LogP contribution >= 0.6 is 23.2 Å². The van der Waals surface area contributed by atoms with Crippen LogP contribution in [0.25, 0.3) is 17.2 Å². The number of amides is 2. The number of hydrogen-bond acceptors (Lipinski definition) is 5. The van der Waals surface area contributed by atoms with Crippen molar-refractivity contribution in [3.8, 4) is 17.2 Å². The first-order valence-corrected chi connectivity index (χ1v) is 15.1. The van der Waals surface area contributed by atoms with Crippen molar-refractivity contribution in [1.82, 2.24) is 20.2 Å². The number of hydrogen-bond donors (Lipinski definition) is 1. The number of halogens is 3. The zero-order valence-electron chi connectivity index (χ0n) is 23.8. The predicted molar refractivity (Wildman–Crippen MR) is 171 cm³/mol. The number of aromatic nitrogens is 2. The number of pyridine rings is 2. The Kier molecular flexibility index (Phi) is 8.62. The zero-order chi connectivity index (χ0) is 30.7. The molecule has 0 unspecified atom stereocenters. The van der Waals surface area contributed by atoms with E-state index >= 15 is 0 Å². The van der Waals surface area contributed by atoms with Gasteiger partial charge in [-0.25, -0.2) is 14.8 Å². The summed E-state index contributed by atoms with van der Waals surface area (Å²) in [6.45, 7) is 3.30. The fourth-order valence-corrected chi connectivity index (χ4v) is 6.34. The van der Waals surface area contributed by atoms with E-state index in [2.05, 4.69) is 44.5 Å². The smallest absolute Gasteiger partial charge is 0.322 e. The summed E-state index contributed by atoms with van der Waals surface area (Å²) in [4.78, 5) is 25.6. The average molecular weight is 628 g/mol. The van der Waals surface area contributed by atoms with E-state index in [0.717, 1.165) is 60.4 Å². The Morgan fingerprint density at radius 2 is 1.84 bits per heavy atom. The van der Waals surface area contributed by atoms with Gasteiger partial charge >= 0.3 is 6.03 Å². The van der Waals surface area contributed by atoms with E-state index in [0.29, 0.717) is 27.8 Å². The summed E-state index contributed by atoms with van der Waals surface area (Å²) in [7, 11) is 0. The molecule has 1 saturated heterocycles. The molecule has 2 aromatic heterocycles. The monoisotopic (exact) mass is 626 g/mol. The molecule has 4 heterocycles. The number of piperidine rings is 1. The molecule has 2 aliphatic heterocycles. The largest absolute Gasteiger partial charge is 0.334 e. The number of nitrogens with zero attached hydrogens (tertiary/aromatic N) is 5. The Hall–Kier alpha value is -4.29. The number of rotatable bonds is 6.